The maximum Gasteiger partial charge on any atom is 0.407 e. The van der Waals surface area contributed by atoms with Crippen molar-refractivity contribution in [2.45, 2.75) is 13.0 Å². The normalized spacial score (nSPS) is 16.6. The molecule has 1 atom stereocenters. The second kappa shape index (κ2) is 7.80. The Morgan fingerprint density at radius 2 is 1.97 bits per heavy atom. The van der Waals surface area contributed by atoms with Crippen molar-refractivity contribution in [3.05, 3.63) is 59.4 Å². The minimum atomic E-state index is -0.967. The summed E-state index contributed by atoms with van der Waals surface area (Å²) < 4.78 is 5.29. The highest BCUT2D eigenvalue weighted by atomic mass is 35.5. The number of hydrogen-bond acceptors (Lipinski definition) is 5. The lowest BCUT2D eigenvalue weighted by atomic mass is 10.1. The van der Waals surface area contributed by atoms with Gasteiger partial charge in [-0.3, -0.25) is 4.79 Å². The first-order valence-corrected chi connectivity index (χ1v) is 10.5. The summed E-state index contributed by atoms with van der Waals surface area (Å²) in [4.78, 5) is 36.3. The molecule has 0 saturated carbocycles. The van der Waals surface area contributed by atoms with E-state index in [2.05, 4.69) is 4.98 Å². The van der Waals surface area contributed by atoms with Crippen LogP contribution in [0.15, 0.2) is 53.3 Å². The number of aromatic nitrogens is 2. The van der Waals surface area contributed by atoms with Crippen molar-refractivity contribution in [2.24, 2.45) is 0 Å². The van der Waals surface area contributed by atoms with Crippen molar-refractivity contribution in [1.29, 1.82) is 0 Å². The third kappa shape index (κ3) is 3.52. The van der Waals surface area contributed by atoms with Crippen LogP contribution in [0.3, 0.4) is 0 Å². The molecule has 1 aliphatic heterocycles. The summed E-state index contributed by atoms with van der Waals surface area (Å²) in [6, 6.07) is 12.4. The van der Waals surface area contributed by atoms with Gasteiger partial charge < -0.3 is 19.3 Å². The fraction of sp³-hybridized carbons (Fsp3) is 0.217. The summed E-state index contributed by atoms with van der Waals surface area (Å²) >= 11 is 6.52. The van der Waals surface area contributed by atoms with Gasteiger partial charge >= 0.3 is 6.09 Å². The van der Waals surface area contributed by atoms with E-state index in [4.69, 9.17) is 21.0 Å². The molecule has 0 spiro atoms. The summed E-state index contributed by atoms with van der Waals surface area (Å²) in [6.07, 6.45) is 0.426. The standard InChI is InChI=1S/C23H19ClN4O4/c1-13-11-27(6-7-28(13)23(30)31)22(29)15-2-4-16-17(24)10-18(26-19(16)9-15)14-3-5-21-20(8-14)25-12-32-21/h2-5,8-10,12-13H,6-7,11H2,1H3,(H,30,31). The van der Waals surface area contributed by atoms with Crippen LogP contribution in [-0.4, -0.2) is 62.6 Å². The molecule has 5 rings (SSSR count). The van der Waals surface area contributed by atoms with Crippen LogP contribution >= 0.6 is 11.6 Å². The fourth-order valence-corrected chi connectivity index (χ4v) is 4.36. The smallest absolute Gasteiger partial charge is 0.407 e. The van der Waals surface area contributed by atoms with Crippen LogP contribution in [0.25, 0.3) is 33.3 Å². The van der Waals surface area contributed by atoms with Crippen LogP contribution in [0.2, 0.25) is 5.02 Å². The highest BCUT2D eigenvalue weighted by molar-refractivity contribution is 6.35. The topological polar surface area (TPSA) is 99.8 Å². The molecule has 0 aliphatic carbocycles. The van der Waals surface area contributed by atoms with Gasteiger partial charge in [0, 0.05) is 42.2 Å². The zero-order chi connectivity index (χ0) is 22.4. The number of benzene rings is 2. The van der Waals surface area contributed by atoms with Crippen LogP contribution in [0.1, 0.15) is 17.3 Å². The van der Waals surface area contributed by atoms with Crippen molar-refractivity contribution < 1.29 is 19.1 Å². The van der Waals surface area contributed by atoms with E-state index in [1.165, 1.54) is 11.3 Å². The Kier molecular flexibility index (Phi) is 4.94. The van der Waals surface area contributed by atoms with Gasteiger partial charge in [-0.2, -0.15) is 0 Å². The van der Waals surface area contributed by atoms with Gasteiger partial charge in [-0.15, -0.1) is 0 Å². The van der Waals surface area contributed by atoms with Gasteiger partial charge in [-0.1, -0.05) is 17.7 Å². The molecule has 9 heteroatoms. The Labute approximate surface area is 188 Å². The Morgan fingerprint density at radius 1 is 1.12 bits per heavy atom. The number of piperazine rings is 1. The van der Waals surface area contributed by atoms with E-state index < -0.39 is 6.09 Å². The first-order chi connectivity index (χ1) is 15.4. The highest BCUT2D eigenvalue weighted by Crippen LogP contribution is 2.30. The molecule has 3 heterocycles. The summed E-state index contributed by atoms with van der Waals surface area (Å²) in [7, 11) is 0. The second-order valence-corrected chi connectivity index (χ2v) is 8.24. The zero-order valence-corrected chi connectivity index (χ0v) is 17.9. The molecule has 1 aliphatic rings. The molecule has 8 nitrogen and oxygen atoms in total. The third-order valence-corrected chi connectivity index (χ3v) is 6.11. The number of pyridine rings is 1. The first kappa shape index (κ1) is 20.3. The number of hydrogen-bond donors (Lipinski definition) is 1. The second-order valence-electron chi connectivity index (χ2n) is 7.83. The average molecular weight is 451 g/mol. The molecule has 32 heavy (non-hydrogen) atoms. The number of oxazole rings is 1. The fourth-order valence-electron chi connectivity index (χ4n) is 4.09. The van der Waals surface area contributed by atoms with Crippen molar-refractivity contribution >= 4 is 45.6 Å². The maximum absolute atomic E-state index is 13.1. The third-order valence-electron chi connectivity index (χ3n) is 5.79. The molecular formula is C23H19ClN4O4. The minimum Gasteiger partial charge on any atom is -0.465 e. The SMILES string of the molecule is CC1CN(C(=O)c2ccc3c(Cl)cc(-c4ccc5ocnc5c4)nc3c2)CCN1C(=O)O. The van der Waals surface area contributed by atoms with E-state index in [0.717, 1.165) is 16.5 Å². The van der Waals surface area contributed by atoms with E-state index in [9.17, 15) is 14.7 Å². The van der Waals surface area contributed by atoms with Gasteiger partial charge in [-0.25, -0.2) is 14.8 Å². The lowest BCUT2D eigenvalue weighted by Gasteiger charge is -2.38. The molecule has 2 aromatic carbocycles. The van der Waals surface area contributed by atoms with Gasteiger partial charge in [0.25, 0.3) is 5.91 Å². The predicted molar refractivity (Wildman–Crippen MR) is 120 cm³/mol. The van der Waals surface area contributed by atoms with E-state index >= 15 is 0 Å². The molecule has 1 N–H and O–H groups in total. The molecule has 0 bridgehead atoms. The van der Waals surface area contributed by atoms with Gasteiger partial charge in [0.05, 0.1) is 16.2 Å². The molecule has 2 amide bonds. The molecule has 2 aromatic heterocycles. The number of amides is 2. The molecule has 1 fully saturated rings. The first-order valence-electron chi connectivity index (χ1n) is 10.1. The molecule has 0 radical (unpaired) electrons. The predicted octanol–water partition coefficient (Wildman–Crippen LogP) is 4.52. The van der Waals surface area contributed by atoms with Crippen molar-refractivity contribution in [1.82, 2.24) is 19.8 Å². The van der Waals surface area contributed by atoms with Crippen LogP contribution < -0.4 is 0 Å². The van der Waals surface area contributed by atoms with Crippen LogP contribution in [0, 0.1) is 0 Å². The monoisotopic (exact) mass is 450 g/mol. The lowest BCUT2D eigenvalue weighted by molar-refractivity contribution is 0.0507. The van der Waals surface area contributed by atoms with E-state index in [1.807, 2.05) is 18.2 Å². The number of rotatable bonds is 2. The Hall–Kier alpha value is -3.65. The summed E-state index contributed by atoms with van der Waals surface area (Å²) in [5.41, 5.74) is 4.01. The Balaban J connectivity index is 1.47. The number of fused-ring (bicyclic) bond motifs is 2. The van der Waals surface area contributed by atoms with Gasteiger partial charge in [0.2, 0.25) is 0 Å². The van der Waals surface area contributed by atoms with Crippen molar-refractivity contribution in [3.8, 4) is 11.3 Å². The van der Waals surface area contributed by atoms with E-state index in [0.29, 0.717) is 40.5 Å². The zero-order valence-electron chi connectivity index (χ0n) is 17.2. The molecule has 1 saturated heterocycles. The van der Waals surface area contributed by atoms with Crippen molar-refractivity contribution in [3.63, 3.8) is 0 Å². The Bertz CT molecular complexity index is 1370. The van der Waals surface area contributed by atoms with Gasteiger partial charge in [0.15, 0.2) is 12.0 Å². The number of carbonyl (C=O) groups is 2. The van der Waals surface area contributed by atoms with Gasteiger partial charge in [-0.05, 0) is 43.3 Å². The quantitative estimate of drug-likeness (QED) is 0.482. The summed E-state index contributed by atoms with van der Waals surface area (Å²) in [6.45, 7) is 2.77. The van der Waals surface area contributed by atoms with Crippen LogP contribution in [0.4, 0.5) is 4.79 Å². The average Bonchev–Trinajstić information content (AvgIpc) is 3.25. The van der Waals surface area contributed by atoms with E-state index in [1.54, 1.807) is 36.1 Å². The Morgan fingerprint density at radius 3 is 2.75 bits per heavy atom. The number of carboxylic acid groups (broad SMARTS) is 1. The number of halogens is 1. The number of nitrogens with zero attached hydrogens (tertiary/aromatic N) is 4. The largest absolute Gasteiger partial charge is 0.465 e. The van der Waals surface area contributed by atoms with Crippen molar-refractivity contribution in [2.75, 3.05) is 19.6 Å². The van der Waals surface area contributed by atoms with E-state index in [-0.39, 0.29) is 18.5 Å². The lowest BCUT2D eigenvalue weighted by Crippen LogP contribution is -2.55. The van der Waals surface area contributed by atoms with Crippen LogP contribution in [-0.2, 0) is 0 Å². The maximum atomic E-state index is 13.1. The summed E-state index contributed by atoms with van der Waals surface area (Å²) in [5, 5.41) is 10.5. The molecule has 162 valence electrons. The molecular weight excluding hydrogens is 432 g/mol. The highest BCUT2D eigenvalue weighted by Gasteiger charge is 2.30. The number of carbonyl (C=O) groups excluding carboxylic acids is 1. The van der Waals surface area contributed by atoms with Crippen LogP contribution in [0.5, 0.6) is 0 Å². The molecule has 4 aromatic rings. The summed E-state index contributed by atoms with van der Waals surface area (Å²) in [5.74, 6) is -0.156. The minimum absolute atomic E-state index is 0.156. The molecule has 1 unspecified atom stereocenters. The van der Waals surface area contributed by atoms with Gasteiger partial charge in [0.1, 0.15) is 5.52 Å².